The number of hydrogen-bond donors (Lipinski definition) is 1. The molecule has 0 saturated carbocycles. The van der Waals surface area contributed by atoms with Crippen molar-refractivity contribution in [3.05, 3.63) is 24.3 Å². The molecule has 114 valence electrons. The van der Waals surface area contributed by atoms with E-state index < -0.39 is 5.97 Å². The van der Waals surface area contributed by atoms with Crippen LogP contribution in [0.5, 0.6) is 5.75 Å². The van der Waals surface area contributed by atoms with Gasteiger partial charge in [0.1, 0.15) is 5.75 Å². The predicted octanol–water partition coefficient (Wildman–Crippen LogP) is 2.05. The predicted molar refractivity (Wildman–Crippen MR) is 78.7 cm³/mol. The number of urea groups is 1. The van der Waals surface area contributed by atoms with E-state index >= 15 is 0 Å². The number of nitrogens with zero attached hydrogens (tertiary/aromatic N) is 2. The van der Waals surface area contributed by atoms with Gasteiger partial charge in [0.05, 0.1) is 7.11 Å². The van der Waals surface area contributed by atoms with Gasteiger partial charge in [-0.15, -0.1) is 0 Å². The summed E-state index contributed by atoms with van der Waals surface area (Å²) in [5.41, 5.74) is 0.780. The van der Waals surface area contributed by atoms with Crippen molar-refractivity contribution in [2.75, 3.05) is 32.1 Å². The molecule has 2 amide bonds. The Kier molecular flexibility index (Phi) is 4.67. The van der Waals surface area contributed by atoms with Gasteiger partial charge in [-0.25, -0.2) is 4.79 Å². The van der Waals surface area contributed by atoms with Gasteiger partial charge in [0.25, 0.3) is 0 Å². The van der Waals surface area contributed by atoms with Gasteiger partial charge in [0.15, 0.2) is 0 Å². The first kappa shape index (κ1) is 15.2. The Bertz CT molecular complexity index is 515. The summed E-state index contributed by atoms with van der Waals surface area (Å²) in [4.78, 5) is 26.4. The number of aliphatic carboxylic acids is 1. The number of anilines is 1. The highest BCUT2D eigenvalue weighted by molar-refractivity contribution is 5.91. The summed E-state index contributed by atoms with van der Waals surface area (Å²) in [6, 6.07) is 7.14. The molecule has 21 heavy (non-hydrogen) atoms. The van der Waals surface area contributed by atoms with Crippen molar-refractivity contribution in [1.82, 2.24) is 4.90 Å². The minimum absolute atomic E-state index is 0.0516. The largest absolute Gasteiger partial charge is 0.497 e. The van der Waals surface area contributed by atoms with Gasteiger partial charge in [-0.3, -0.25) is 9.69 Å². The third-order valence-corrected chi connectivity index (χ3v) is 3.77. The average Bonchev–Trinajstić information content (AvgIpc) is 2.93. The topological polar surface area (TPSA) is 70.1 Å². The maximum atomic E-state index is 12.4. The van der Waals surface area contributed by atoms with Crippen LogP contribution in [0.2, 0.25) is 0 Å². The zero-order valence-electron chi connectivity index (χ0n) is 12.3. The molecular formula is C15H20N2O4. The molecule has 1 unspecified atom stereocenters. The molecule has 1 saturated heterocycles. The van der Waals surface area contributed by atoms with Crippen LogP contribution in [0.15, 0.2) is 24.3 Å². The van der Waals surface area contributed by atoms with E-state index in [9.17, 15) is 9.59 Å². The van der Waals surface area contributed by atoms with E-state index in [0.717, 1.165) is 17.9 Å². The maximum Gasteiger partial charge on any atom is 0.324 e. The molecule has 0 bridgehead atoms. The average molecular weight is 292 g/mol. The number of likely N-dealkylation sites (tertiary alicyclic amines) is 1. The third-order valence-electron chi connectivity index (χ3n) is 3.77. The second-order valence-electron chi connectivity index (χ2n) is 5.24. The van der Waals surface area contributed by atoms with Crippen LogP contribution in [-0.4, -0.2) is 49.3 Å². The SMILES string of the molecule is COc1ccc(N(C)C(=O)N2CCC(CC(=O)O)C2)cc1. The van der Waals surface area contributed by atoms with Gasteiger partial charge in [-0.2, -0.15) is 0 Å². The molecule has 1 aromatic carbocycles. The molecule has 0 aliphatic carbocycles. The molecule has 0 radical (unpaired) electrons. The van der Waals surface area contributed by atoms with E-state index in [1.807, 2.05) is 12.1 Å². The summed E-state index contributed by atoms with van der Waals surface area (Å²) in [5, 5.41) is 8.81. The Hall–Kier alpha value is -2.24. The second-order valence-corrected chi connectivity index (χ2v) is 5.24. The molecule has 1 aliphatic rings. The molecular weight excluding hydrogens is 272 g/mol. The number of hydrogen-bond acceptors (Lipinski definition) is 3. The lowest BCUT2D eigenvalue weighted by Gasteiger charge is -2.24. The van der Waals surface area contributed by atoms with Crippen molar-refractivity contribution >= 4 is 17.7 Å². The van der Waals surface area contributed by atoms with Crippen molar-refractivity contribution in [3.63, 3.8) is 0 Å². The van der Waals surface area contributed by atoms with E-state index in [2.05, 4.69) is 0 Å². The van der Waals surface area contributed by atoms with Gasteiger partial charge in [-0.05, 0) is 36.6 Å². The van der Waals surface area contributed by atoms with Crippen LogP contribution in [0.1, 0.15) is 12.8 Å². The number of carbonyl (C=O) groups is 2. The highest BCUT2D eigenvalue weighted by Gasteiger charge is 2.29. The van der Waals surface area contributed by atoms with E-state index in [0.29, 0.717) is 13.1 Å². The van der Waals surface area contributed by atoms with Crippen LogP contribution < -0.4 is 9.64 Å². The Morgan fingerprint density at radius 1 is 1.38 bits per heavy atom. The molecule has 0 spiro atoms. The van der Waals surface area contributed by atoms with E-state index in [-0.39, 0.29) is 18.4 Å². The van der Waals surface area contributed by atoms with Gasteiger partial charge in [-0.1, -0.05) is 0 Å². The molecule has 1 atom stereocenters. The normalized spacial score (nSPS) is 17.6. The van der Waals surface area contributed by atoms with Crippen molar-refractivity contribution in [3.8, 4) is 5.75 Å². The number of ether oxygens (including phenoxy) is 1. The third kappa shape index (κ3) is 3.65. The number of methoxy groups -OCH3 is 1. The first-order valence-corrected chi connectivity index (χ1v) is 6.89. The summed E-state index contributed by atoms with van der Waals surface area (Å²) in [5.74, 6) is -0.0178. The van der Waals surface area contributed by atoms with Crippen LogP contribution in [0.4, 0.5) is 10.5 Å². The Morgan fingerprint density at radius 3 is 2.62 bits per heavy atom. The molecule has 1 fully saturated rings. The Morgan fingerprint density at radius 2 is 2.05 bits per heavy atom. The Balaban J connectivity index is 1.97. The molecule has 6 heteroatoms. The monoisotopic (exact) mass is 292 g/mol. The van der Waals surface area contributed by atoms with Crippen LogP contribution in [0, 0.1) is 5.92 Å². The molecule has 0 aromatic heterocycles. The summed E-state index contributed by atoms with van der Waals surface area (Å²) >= 11 is 0. The summed E-state index contributed by atoms with van der Waals surface area (Å²) in [6.07, 6.45) is 0.866. The van der Waals surface area contributed by atoms with Gasteiger partial charge < -0.3 is 14.7 Å². The first-order chi connectivity index (χ1) is 10.0. The lowest BCUT2D eigenvalue weighted by molar-refractivity contribution is -0.138. The molecule has 1 aromatic rings. The fourth-order valence-corrected chi connectivity index (χ4v) is 2.55. The fourth-order valence-electron chi connectivity index (χ4n) is 2.55. The van der Waals surface area contributed by atoms with E-state index in [1.165, 1.54) is 0 Å². The van der Waals surface area contributed by atoms with Gasteiger partial charge in [0, 0.05) is 32.2 Å². The summed E-state index contributed by atoms with van der Waals surface area (Å²) in [7, 11) is 3.31. The van der Waals surface area contributed by atoms with E-state index in [1.54, 1.807) is 36.1 Å². The second kappa shape index (κ2) is 6.47. The fraction of sp³-hybridized carbons (Fsp3) is 0.467. The highest BCUT2D eigenvalue weighted by atomic mass is 16.5. The highest BCUT2D eigenvalue weighted by Crippen LogP contribution is 2.23. The lowest BCUT2D eigenvalue weighted by Crippen LogP contribution is -2.40. The van der Waals surface area contributed by atoms with Crippen LogP contribution in [0.25, 0.3) is 0 Å². The molecule has 1 heterocycles. The zero-order chi connectivity index (χ0) is 15.4. The number of rotatable bonds is 4. The summed E-state index contributed by atoms with van der Waals surface area (Å²) in [6.45, 7) is 1.11. The quantitative estimate of drug-likeness (QED) is 0.922. The number of carboxylic acids is 1. The van der Waals surface area contributed by atoms with Crippen LogP contribution >= 0.6 is 0 Å². The lowest BCUT2D eigenvalue weighted by atomic mass is 10.1. The summed E-state index contributed by atoms with van der Waals surface area (Å²) < 4.78 is 5.09. The maximum absolute atomic E-state index is 12.4. The first-order valence-electron chi connectivity index (χ1n) is 6.89. The smallest absolute Gasteiger partial charge is 0.324 e. The standard InChI is InChI=1S/C15H20N2O4/c1-16(12-3-5-13(21-2)6-4-12)15(20)17-8-7-11(10-17)9-14(18)19/h3-6,11H,7-10H2,1-2H3,(H,18,19). The number of benzene rings is 1. The van der Waals surface area contributed by atoms with Crippen LogP contribution in [0.3, 0.4) is 0 Å². The number of carboxylic acid groups (broad SMARTS) is 1. The van der Waals surface area contributed by atoms with Crippen molar-refractivity contribution in [2.45, 2.75) is 12.8 Å². The van der Waals surface area contributed by atoms with E-state index in [4.69, 9.17) is 9.84 Å². The van der Waals surface area contributed by atoms with Gasteiger partial charge >= 0.3 is 12.0 Å². The number of amides is 2. The Labute approximate surface area is 123 Å². The molecule has 2 rings (SSSR count). The molecule has 1 aliphatic heterocycles. The minimum atomic E-state index is -0.808. The van der Waals surface area contributed by atoms with Gasteiger partial charge in [0.2, 0.25) is 0 Å². The van der Waals surface area contributed by atoms with Crippen molar-refractivity contribution in [2.24, 2.45) is 5.92 Å². The molecule has 6 nitrogen and oxygen atoms in total. The van der Waals surface area contributed by atoms with Crippen molar-refractivity contribution < 1.29 is 19.4 Å². The number of carbonyl (C=O) groups excluding carboxylic acids is 1. The van der Waals surface area contributed by atoms with Crippen LogP contribution in [-0.2, 0) is 4.79 Å². The molecule has 1 N–H and O–H groups in total. The zero-order valence-corrected chi connectivity index (χ0v) is 12.3. The van der Waals surface area contributed by atoms with Crippen molar-refractivity contribution in [1.29, 1.82) is 0 Å². The minimum Gasteiger partial charge on any atom is -0.497 e.